The Bertz CT molecular complexity index is 890. The summed E-state index contributed by atoms with van der Waals surface area (Å²) in [4.78, 5) is 25.0. The summed E-state index contributed by atoms with van der Waals surface area (Å²) < 4.78 is 5.53. The first-order chi connectivity index (χ1) is 12.3. The quantitative estimate of drug-likeness (QED) is 0.715. The van der Waals surface area contributed by atoms with Gasteiger partial charge in [0, 0.05) is 17.9 Å². The van der Waals surface area contributed by atoms with Gasteiger partial charge in [-0.25, -0.2) is 9.97 Å². The highest BCUT2D eigenvalue weighted by Gasteiger charge is 2.23. The maximum Gasteiger partial charge on any atom is 0.211 e. The molecule has 1 aliphatic heterocycles. The Labute approximate surface area is 145 Å². The van der Waals surface area contributed by atoms with Gasteiger partial charge < -0.3 is 19.9 Å². The summed E-state index contributed by atoms with van der Waals surface area (Å²) in [6.45, 7) is 4.37. The highest BCUT2D eigenvalue weighted by molar-refractivity contribution is 5.92. The van der Waals surface area contributed by atoms with Crippen molar-refractivity contribution in [3.63, 3.8) is 0 Å². The summed E-state index contributed by atoms with van der Waals surface area (Å²) in [5, 5.41) is 3.64. The second-order valence-corrected chi connectivity index (χ2v) is 6.10. The maximum absolute atomic E-state index is 10.5. The van der Waals surface area contributed by atoms with E-state index in [0.717, 1.165) is 40.3 Å². The number of ether oxygens (including phenoxy) is 1. The lowest BCUT2D eigenvalue weighted by Gasteiger charge is -2.34. The van der Waals surface area contributed by atoms with Gasteiger partial charge in [0.05, 0.1) is 24.6 Å². The van der Waals surface area contributed by atoms with Crippen LogP contribution in [0.4, 0.5) is 11.5 Å². The number of morpholine rings is 1. The fourth-order valence-electron chi connectivity index (χ4n) is 3.17. The van der Waals surface area contributed by atoms with Crippen molar-refractivity contribution in [3.8, 4) is 11.3 Å². The molecule has 1 amide bonds. The average Bonchev–Trinajstić information content (AvgIpc) is 3.07. The molecule has 25 heavy (non-hydrogen) atoms. The third kappa shape index (κ3) is 2.94. The number of amides is 1. The average molecular weight is 337 g/mol. The summed E-state index contributed by atoms with van der Waals surface area (Å²) >= 11 is 0. The Morgan fingerprint density at radius 1 is 1.32 bits per heavy atom. The van der Waals surface area contributed by atoms with Gasteiger partial charge >= 0.3 is 0 Å². The van der Waals surface area contributed by atoms with Gasteiger partial charge in [-0.1, -0.05) is 12.1 Å². The Kier molecular flexibility index (Phi) is 4.07. The van der Waals surface area contributed by atoms with Crippen LogP contribution < -0.4 is 10.2 Å². The van der Waals surface area contributed by atoms with Crippen LogP contribution in [0.1, 0.15) is 6.92 Å². The first kappa shape index (κ1) is 15.6. The Morgan fingerprint density at radius 2 is 2.16 bits per heavy atom. The standard InChI is InChI=1S/C18H19N5O2/c1-12-9-25-7-6-23(12)18-15-8-16(22-17(15)19-10-20-18)13-2-4-14(5-3-13)21-11-24/h2-5,8,10-12H,6-7,9H2,1H3,(H,21,24)(H,19,20,22)/t12-/m0/s1. The van der Waals surface area contributed by atoms with E-state index in [-0.39, 0.29) is 6.04 Å². The number of hydrogen-bond acceptors (Lipinski definition) is 5. The van der Waals surface area contributed by atoms with Crippen LogP contribution in [0.2, 0.25) is 0 Å². The molecular formula is C18H19N5O2. The van der Waals surface area contributed by atoms with Crippen molar-refractivity contribution in [2.45, 2.75) is 13.0 Å². The molecule has 2 N–H and O–H groups in total. The Hall–Kier alpha value is -2.93. The summed E-state index contributed by atoms with van der Waals surface area (Å²) in [6.07, 6.45) is 2.26. The molecular weight excluding hydrogens is 318 g/mol. The van der Waals surface area contributed by atoms with Crippen molar-refractivity contribution in [2.24, 2.45) is 0 Å². The van der Waals surface area contributed by atoms with Crippen LogP contribution in [-0.4, -0.2) is 47.2 Å². The summed E-state index contributed by atoms with van der Waals surface area (Å²) in [5.74, 6) is 0.933. The summed E-state index contributed by atoms with van der Waals surface area (Å²) in [6, 6.07) is 10.0. The third-order valence-corrected chi connectivity index (χ3v) is 4.47. The molecule has 128 valence electrons. The molecule has 0 aliphatic carbocycles. The van der Waals surface area contributed by atoms with Crippen molar-refractivity contribution in [1.29, 1.82) is 0 Å². The van der Waals surface area contributed by atoms with E-state index in [2.05, 4.69) is 38.2 Å². The van der Waals surface area contributed by atoms with Crippen LogP contribution in [0.15, 0.2) is 36.7 Å². The van der Waals surface area contributed by atoms with Crippen LogP contribution >= 0.6 is 0 Å². The molecule has 0 spiro atoms. The normalized spacial score (nSPS) is 17.6. The number of H-pyrrole nitrogens is 1. The minimum atomic E-state index is 0.277. The molecule has 0 unspecified atom stereocenters. The molecule has 7 nitrogen and oxygen atoms in total. The molecule has 0 bridgehead atoms. The number of nitrogens with one attached hydrogen (secondary N) is 2. The smallest absolute Gasteiger partial charge is 0.211 e. The maximum atomic E-state index is 10.5. The van der Waals surface area contributed by atoms with Gasteiger partial charge in [0.25, 0.3) is 0 Å². The van der Waals surface area contributed by atoms with E-state index in [1.165, 1.54) is 0 Å². The van der Waals surface area contributed by atoms with E-state index >= 15 is 0 Å². The number of aromatic amines is 1. The number of benzene rings is 1. The Balaban J connectivity index is 1.72. The summed E-state index contributed by atoms with van der Waals surface area (Å²) in [5.41, 5.74) is 3.57. The zero-order chi connectivity index (χ0) is 17.2. The molecule has 1 fully saturated rings. The number of hydrogen-bond donors (Lipinski definition) is 2. The van der Waals surface area contributed by atoms with Gasteiger partial charge in [0.15, 0.2) is 0 Å². The molecule has 1 aromatic carbocycles. The van der Waals surface area contributed by atoms with E-state index in [4.69, 9.17) is 4.74 Å². The topological polar surface area (TPSA) is 83.1 Å². The van der Waals surface area contributed by atoms with E-state index < -0.39 is 0 Å². The highest BCUT2D eigenvalue weighted by Crippen LogP contribution is 2.30. The van der Waals surface area contributed by atoms with Gasteiger partial charge in [-0.3, -0.25) is 4.79 Å². The second-order valence-electron chi connectivity index (χ2n) is 6.10. The van der Waals surface area contributed by atoms with Gasteiger partial charge in [0.2, 0.25) is 6.41 Å². The van der Waals surface area contributed by atoms with Crippen molar-refractivity contribution in [2.75, 3.05) is 30.0 Å². The SMILES string of the molecule is C[C@H]1COCCN1c1ncnc2[nH]c(-c3ccc(NC=O)cc3)cc12. The predicted octanol–water partition coefficient (Wildman–Crippen LogP) is 2.42. The lowest BCUT2D eigenvalue weighted by Crippen LogP contribution is -2.44. The number of nitrogens with zero attached hydrogens (tertiary/aromatic N) is 3. The second kappa shape index (κ2) is 6.52. The molecule has 3 heterocycles. The fourth-order valence-corrected chi connectivity index (χ4v) is 3.17. The first-order valence-corrected chi connectivity index (χ1v) is 8.25. The van der Waals surface area contributed by atoms with Crippen molar-refractivity contribution < 1.29 is 9.53 Å². The van der Waals surface area contributed by atoms with Crippen molar-refractivity contribution in [1.82, 2.24) is 15.0 Å². The van der Waals surface area contributed by atoms with Gasteiger partial charge in [-0.05, 0) is 30.7 Å². The molecule has 1 saturated heterocycles. The predicted molar refractivity (Wildman–Crippen MR) is 96.6 cm³/mol. The van der Waals surface area contributed by atoms with Crippen LogP contribution in [-0.2, 0) is 9.53 Å². The van der Waals surface area contributed by atoms with Crippen LogP contribution in [0, 0.1) is 0 Å². The Morgan fingerprint density at radius 3 is 2.92 bits per heavy atom. The monoisotopic (exact) mass is 337 g/mol. The van der Waals surface area contributed by atoms with Crippen molar-refractivity contribution in [3.05, 3.63) is 36.7 Å². The molecule has 1 atom stereocenters. The fraction of sp³-hybridized carbons (Fsp3) is 0.278. The number of rotatable bonds is 4. The number of anilines is 2. The molecule has 0 radical (unpaired) electrons. The van der Waals surface area contributed by atoms with Crippen LogP contribution in [0.3, 0.4) is 0 Å². The molecule has 0 saturated carbocycles. The lowest BCUT2D eigenvalue weighted by molar-refractivity contribution is -0.105. The lowest BCUT2D eigenvalue weighted by atomic mass is 10.1. The van der Waals surface area contributed by atoms with Crippen molar-refractivity contribution >= 4 is 28.9 Å². The van der Waals surface area contributed by atoms with E-state index in [1.807, 2.05) is 24.3 Å². The molecule has 2 aromatic heterocycles. The molecule has 7 heteroatoms. The van der Waals surface area contributed by atoms with E-state index in [9.17, 15) is 4.79 Å². The number of fused-ring (bicyclic) bond motifs is 1. The van der Waals surface area contributed by atoms with E-state index in [0.29, 0.717) is 19.6 Å². The van der Waals surface area contributed by atoms with Crippen LogP contribution in [0.5, 0.6) is 0 Å². The minimum Gasteiger partial charge on any atom is -0.377 e. The van der Waals surface area contributed by atoms with E-state index in [1.54, 1.807) is 6.33 Å². The number of carbonyl (C=O) groups excluding carboxylic acids is 1. The zero-order valence-corrected chi connectivity index (χ0v) is 13.9. The highest BCUT2D eigenvalue weighted by atomic mass is 16.5. The third-order valence-electron chi connectivity index (χ3n) is 4.47. The number of carbonyl (C=O) groups is 1. The summed E-state index contributed by atoms with van der Waals surface area (Å²) in [7, 11) is 0. The molecule has 3 aromatic rings. The van der Waals surface area contributed by atoms with Gasteiger partial charge in [-0.15, -0.1) is 0 Å². The molecule has 4 rings (SSSR count). The largest absolute Gasteiger partial charge is 0.377 e. The first-order valence-electron chi connectivity index (χ1n) is 8.25. The number of aromatic nitrogens is 3. The minimum absolute atomic E-state index is 0.277. The zero-order valence-electron chi connectivity index (χ0n) is 13.9. The molecule has 1 aliphatic rings. The van der Waals surface area contributed by atoms with Gasteiger partial charge in [0.1, 0.15) is 17.8 Å². The van der Waals surface area contributed by atoms with Gasteiger partial charge in [-0.2, -0.15) is 0 Å². The van der Waals surface area contributed by atoms with Crippen LogP contribution in [0.25, 0.3) is 22.3 Å².